The van der Waals surface area contributed by atoms with Crippen molar-refractivity contribution in [3.8, 4) is 12.1 Å². The van der Waals surface area contributed by atoms with Crippen LogP contribution in [0.2, 0.25) is 0 Å². The van der Waals surface area contributed by atoms with Gasteiger partial charge in [0.05, 0.1) is 12.1 Å². The minimum Gasteiger partial charge on any atom is -0.198 e. The van der Waals surface area contributed by atoms with Crippen LogP contribution in [0, 0.1) is 28.1 Å². The van der Waals surface area contributed by atoms with Crippen LogP contribution in [0.5, 0.6) is 0 Å². The van der Waals surface area contributed by atoms with Crippen LogP contribution in [0.25, 0.3) is 0 Å². The van der Waals surface area contributed by atoms with Crippen LogP contribution in [-0.4, -0.2) is 0 Å². The van der Waals surface area contributed by atoms with Crippen molar-refractivity contribution in [2.45, 2.75) is 44.9 Å². The Labute approximate surface area is 73.8 Å². The van der Waals surface area contributed by atoms with E-state index in [1.54, 1.807) is 0 Å². The Morgan fingerprint density at radius 3 is 1.83 bits per heavy atom. The monoisotopic (exact) mass is 162 g/mol. The second-order valence-corrected chi connectivity index (χ2v) is 3.73. The van der Waals surface area contributed by atoms with Crippen molar-refractivity contribution in [3.63, 3.8) is 0 Å². The fraction of sp³-hybridized carbons (Fsp3) is 0.800. The maximum atomic E-state index is 8.65. The summed E-state index contributed by atoms with van der Waals surface area (Å²) in [4.78, 5) is 0. The summed E-state index contributed by atoms with van der Waals surface area (Å²) in [6.45, 7) is 0. The van der Waals surface area contributed by atoms with Crippen molar-refractivity contribution in [1.29, 1.82) is 10.5 Å². The lowest BCUT2D eigenvalue weighted by Crippen LogP contribution is -2.22. The number of rotatable bonds is 2. The summed E-state index contributed by atoms with van der Waals surface area (Å²) in [5, 5.41) is 17.3. The largest absolute Gasteiger partial charge is 0.198 e. The van der Waals surface area contributed by atoms with E-state index in [0.717, 1.165) is 12.8 Å². The van der Waals surface area contributed by atoms with Crippen LogP contribution in [0.3, 0.4) is 0 Å². The van der Waals surface area contributed by atoms with Crippen molar-refractivity contribution in [2.75, 3.05) is 0 Å². The molecule has 0 radical (unpaired) electrons. The Hall–Kier alpha value is -1.02. The molecule has 0 aromatic rings. The fourth-order valence-electron chi connectivity index (χ4n) is 2.05. The molecule has 1 rings (SSSR count). The molecule has 0 aliphatic heterocycles. The third kappa shape index (κ3) is 1.98. The van der Waals surface area contributed by atoms with Crippen molar-refractivity contribution >= 4 is 0 Å². The van der Waals surface area contributed by atoms with Gasteiger partial charge in [0.25, 0.3) is 0 Å². The molecular formula is C10H14N2. The molecule has 0 amide bonds. The van der Waals surface area contributed by atoms with Crippen LogP contribution in [0.4, 0.5) is 0 Å². The van der Waals surface area contributed by atoms with Crippen molar-refractivity contribution < 1.29 is 0 Å². The quantitative estimate of drug-likeness (QED) is 0.626. The van der Waals surface area contributed by atoms with Crippen LogP contribution in [0.1, 0.15) is 44.9 Å². The van der Waals surface area contributed by atoms with Gasteiger partial charge >= 0.3 is 0 Å². The summed E-state index contributed by atoms with van der Waals surface area (Å²) >= 11 is 0. The van der Waals surface area contributed by atoms with Gasteiger partial charge < -0.3 is 0 Å². The molecule has 2 nitrogen and oxygen atoms in total. The van der Waals surface area contributed by atoms with Crippen molar-refractivity contribution in [3.05, 3.63) is 0 Å². The first-order chi connectivity index (χ1) is 5.83. The molecule has 1 aliphatic rings. The van der Waals surface area contributed by atoms with Gasteiger partial charge in [-0.3, -0.25) is 0 Å². The standard InChI is InChI=1S/C10H14N2/c11-8-6-10(7-9-12)4-2-1-3-5-10/h1-7H2. The lowest BCUT2D eigenvalue weighted by Gasteiger charge is -2.32. The maximum Gasteiger partial charge on any atom is 0.0627 e. The zero-order valence-corrected chi connectivity index (χ0v) is 7.34. The van der Waals surface area contributed by atoms with E-state index in [1.165, 1.54) is 19.3 Å². The van der Waals surface area contributed by atoms with E-state index in [4.69, 9.17) is 10.5 Å². The zero-order valence-electron chi connectivity index (χ0n) is 7.34. The van der Waals surface area contributed by atoms with Crippen molar-refractivity contribution in [2.24, 2.45) is 5.41 Å². The van der Waals surface area contributed by atoms with Crippen LogP contribution in [0.15, 0.2) is 0 Å². The molecule has 1 fully saturated rings. The zero-order chi connectivity index (χ0) is 8.86. The summed E-state index contributed by atoms with van der Waals surface area (Å²) in [5.74, 6) is 0. The average Bonchev–Trinajstić information content (AvgIpc) is 2.07. The highest BCUT2D eigenvalue weighted by molar-refractivity contribution is 4.96. The molecule has 0 aromatic carbocycles. The first-order valence-electron chi connectivity index (χ1n) is 4.57. The topological polar surface area (TPSA) is 47.6 Å². The lowest BCUT2D eigenvalue weighted by atomic mass is 9.70. The Morgan fingerprint density at radius 2 is 1.42 bits per heavy atom. The Morgan fingerprint density at radius 1 is 0.917 bits per heavy atom. The number of hydrogen-bond donors (Lipinski definition) is 0. The summed E-state index contributed by atoms with van der Waals surface area (Å²) in [6, 6.07) is 4.42. The maximum absolute atomic E-state index is 8.65. The molecule has 1 saturated carbocycles. The van der Waals surface area contributed by atoms with E-state index in [1.807, 2.05) is 0 Å². The summed E-state index contributed by atoms with van der Waals surface area (Å²) in [7, 11) is 0. The second-order valence-electron chi connectivity index (χ2n) is 3.73. The number of nitriles is 2. The molecular weight excluding hydrogens is 148 g/mol. The summed E-state index contributed by atoms with van der Waals surface area (Å²) in [6.07, 6.45) is 6.97. The van der Waals surface area contributed by atoms with Gasteiger partial charge in [0, 0.05) is 12.8 Å². The van der Waals surface area contributed by atoms with Gasteiger partial charge in [-0.1, -0.05) is 19.3 Å². The minimum atomic E-state index is 0.0573. The molecule has 0 saturated heterocycles. The molecule has 0 spiro atoms. The van der Waals surface area contributed by atoms with E-state index >= 15 is 0 Å². The molecule has 0 heterocycles. The van der Waals surface area contributed by atoms with Crippen LogP contribution < -0.4 is 0 Å². The van der Waals surface area contributed by atoms with Gasteiger partial charge in [-0.2, -0.15) is 10.5 Å². The second kappa shape index (κ2) is 4.12. The van der Waals surface area contributed by atoms with E-state index in [2.05, 4.69) is 12.1 Å². The molecule has 0 aromatic heterocycles. The normalized spacial score (nSPS) is 20.8. The van der Waals surface area contributed by atoms with E-state index in [-0.39, 0.29) is 5.41 Å². The van der Waals surface area contributed by atoms with Gasteiger partial charge in [0.15, 0.2) is 0 Å². The predicted molar refractivity (Wildman–Crippen MR) is 46.0 cm³/mol. The smallest absolute Gasteiger partial charge is 0.0627 e. The Kier molecular flexibility index (Phi) is 3.11. The highest BCUT2D eigenvalue weighted by atomic mass is 14.4. The van der Waals surface area contributed by atoms with Crippen molar-refractivity contribution in [1.82, 2.24) is 0 Å². The third-order valence-corrected chi connectivity index (χ3v) is 2.82. The van der Waals surface area contributed by atoms with Crippen LogP contribution >= 0.6 is 0 Å². The predicted octanol–water partition coefficient (Wildman–Crippen LogP) is 2.76. The van der Waals surface area contributed by atoms with Gasteiger partial charge in [-0.05, 0) is 18.3 Å². The molecule has 1 aliphatic carbocycles. The van der Waals surface area contributed by atoms with Gasteiger partial charge in [-0.15, -0.1) is 0 Å². The molecule has 0 unspecified atom stereocenters. The molecule has 64 valence electrons. The van der Waals surface area contributed by atoms with E-state index < -0.39 is 0 Å². The average molecular weight is 162 g/mol. The molecule has 0 bridgehead atoms. The number of hydrogen-bond acceptors (Lipinski definition) is 2. The van der Waals surface area contributed by atoms with Gasteiger partial charge in [0.1, 0.15) is 0 Å². The summed E-state index contributed by atoms with van der Waals surface area (Å²) < 4.78 is 0. The minimum absolute atomic E-state index is 0.0573. The SMILES string of the molecule is N#CCC1(CC#N)CCCCC1. The highest BCUT2D eigenvalue weighted by Gasteiger charge is 2.31. The molecule has 0 atom stereocenters. The molecule has 0 N–H and O–H groups in total. The highest BCUT2D eigenvalue weighted by Crippen LogP contribution is 2.41. The summed E-state index contributed by atoms with van der Waals surface area (Å²) in [5.41, 5.74) is 0.0573. The Bertz CT molecular complexity index is 195. The Balaban J connectivity index is 2.58. The number of nitrogens with zero attached hydrogens (tertiary/aromatic N) is 2. The van der Waals surface area contributed by atoms with Gasteiger partial charge in [-0.25, -0.2) is 0 Å². The van der Waals surface area contributed by atoms with Crippen LogP contribution in [-0.2, 0) is 0 Å². The third-order valence-electron chi connectivity index (χ3n) is 2.82. The van der Waals surface area contributed by atoms with Gasteiger partial charge in [0.2, 0.25) is 0 Å². The lowest BCUT2D eigenvalue weighted by molar-refractivity contribution is 0.200. The first kappa shape index (κ1) is 9.07. The molecule has 12 heavy (non-hydrogen) atoms. The first-order valence-corrected chi connectivity index (χ1v) is 4.57. The fourth-order valence-corrected chi connectivity index (χ4v) is 2.05. The van der Waals surface area contributed by atoms with E-state index in [0.29, 0.717) is 12.8 Å². The van der Waals surface area contributed by atoms with E-state index in [9.17, 15) is 0 Å². The molecule has 2 heteroatoms.